The van der Waals surface area contributed by atoms with Crippen molar-refractivity contribution in [3.05, 3.63) is 24.3 Å². The molecule has 0 aromatic rings. The van der Waals surface area contributed by atoms with Crippen LogP contribution < -0.4 is 0 Å². The van der Waals surface area contributed by atoms with E-state index >= 15 is 0 Å². The van der Waals surface area contributed by atoms with Crippen molar-refractivity contribution in [3.8, 4) is 0 Å². The molecular formula is C10H18O2. The molecule has 0 saturated carbocycles. The normalized spacial score (nSPS) is 17.2. The van der Waals surface area contributed by atoms with Gasteiger partial charge in [-0.25, -0.2) is 0 Å². The smallest absolute Gasteiger partial charge is 0.0800 e. The van der Waals surface area contributed by atoms with Gasteiger partial charge >= 0.3 is 0 Å². The van der Waals surface area contributed by atoms with E-state index in [-0.39, 0.29) is 6.61 Å². The van der Waals surface area contributed by atoms with Gasteiger partial charge in [0.2, 0.25) is 0 Å². The van der Waals surface area contributed by atoms with Crippen LogP contribution in [-0.4, -0.2) is 22.4 Å². The first-order valence-corrected chi connectivity index (χ1v) is 4.14. The summed E-state index contributed by atoms with van der Waals surface area (Å²) in [6, 6.07) is 0. The molecule has 0 aromatic carbocycles. The fraction of sp³-hybridized carbons (Fsp3) is 0.600. The van der Waals surface area contributed by atoms with E-state index in [9.17, 15) is 5.11 Å². The van der Waals surface area contributed by atoms with Crippen molar-refractivity contribution in [1.29, 1.82) is 0 Å². The second-order valence-corrected chi connectivity index (χ2v) is 3.31. The lowest BCUT2D eigenvalue weighted by Gasteiger charge is -2.16. The van der Waals surface area contributed by atoms with Crippen molar-refractivity contribution in [2.75, 3.05) is 6.61 Å². The lowest BCUT2D eigenvalue weighted by atomic mass is 10.00. The summed E-state index contributed by atoms with van der Waals surface area (Å²) in [7, 11) is 0. The maximum absolute atomic E-state index is 9.50. The van der Waals surface area contributed by atoms with E-state index in [0.29, 0.717) is 6.42 Å². The second-order valence-electron chi connectivity index (χ2n) is 3.31. The van der Waals surface area contributed by atoms with Crippen LogP contribution in [0.2, 0.25) is 0 Å². The zero-order valence-electron chi connectivity index (χ0n) is 7.88. The number of hydrogen-bond acceptors (Lipinski definition) is 2. The summed E-state index contributed by atoms with van der Waals surface area (Å²) in [6.45, 7) is 7.21. The highest BCUT2D eigenvalue weighted by Gasteiger charge is 2.12. The van der Waals surface area contributed by atoms with Crippen LogP contribution in [0.15, 0.2) is 24.3 Å². The standard InChI is InChI=1S/C10H18O2/c1-4-10(3,12)7-5-6-9(2)8-11/h4,6,11-12H,1,5,7-8H2,2-3H3/t10-/m0/s1. The third kappa shape index (κ3) is 5.10. The van der Waals surface area contributed by atoms with Crippen LogP contribution in [0.25, 0.3) is 0 Å². The summed E-state index contributed by atoms with van der Waals surface area (Å²) in [6.07, 6.45) is 4.88. The lowest BCUT2D eigenvalue weighted by molar-refractivity contribution is 0.103. The number of hydrogen-bond donors (Lipinski definition) is 2. The van der Waals surface area contributed by atoms with Crippen molar-refractivity contribution < 1.29 is 10.2 Å². The summed E-state index contributed by atoms with van der Waals surface area (Å²) in [5, 5.41) is 18.2. The highest BCUT2D eigenvalue weighted by atomic mass is 16.3. The predicted molar refractivity (Wildman–Crippen MR) is 50.9 cm³/mol. The lowest BCUT2D eigenvalue weighted by Crippen LogP contribution is -2.19. The molecule has 0 spiro atoms. The highest BCUT2D eigenvalue weighted by Crippen LogP contribution is 2.13. The van der Waals surface area contributed by atoms with E-state index in [1.165, 1.54) is 6.08 Å². The van der Waals surface area contributed by atoms with Crippen LogP contribution in [0.4, 0.5) is 0 Å². The molecule has 0 aromatic heterocycles. The van der Waals surface area contributed by atoms with Crippen LogP contribution in [0, 0.1) is 0 Å². The van der Waals surface area contributed by atoms with E-state index < -0.39 is 5.60 Å². The molecule has 70 valence electrons. The summed E-state index contributed by atoms with van der Waals surface area (Å²) in [5.74, 6) is 0. The van der Waals surface area contributed by atoms with E-state index in [1.807, 2.05) is 13.0 Å². The summed E-state index contributed by atoms with van der Waals surface area (Å²) < 4.78 is 0. The molecule has 0 bridgehead atoms. The zero-order valence-corrected chi connectivity index (χ0v) is 7.88. The molecule has 0 heterocycles. The molecule has 0 aliphatic heterocycles. The zero-order chi connectivity index (χ0) is 9.61. The Hall–Kier alpha value is -0.600. The third-order valence-corrected chi connectivity index (χ3v) is 1.83. The van der Waals surface area contributed by atoms with Crippen molar-refractivity contribution in [3.63, 3.8) is 0 Å². The first-order chi connectivity index (χ1) is 5.52. The van der Waals surface area contributed by atoms with Crippen LogP contribution in [0.3, 0.4) is 0 Å². The van der Waals surface area contributed by atoms with Gasteiger partial charge in [-0.2, -0.15) is 0 Å². The van der Waals surface area contributed by atoms with E-state index in [1.54, 1.807) is 6.92 Å². The number of aliphatic hydroxyl groups excluding tert-OH is 1. The molecule has 0 fully saturated rings. The topological polar surface area (TPSA) is 40.5 Å². The Balaban J connectivity index is 3.77. The van der Waals surface area contributed by atoms with Gasteiger partial charge in [0.05, 0.1) is 12.2 Å². The van der Waals surface area contributed by atoms with Crippen molar-refractivity contribution in [2.24, 2.45) is 0 Å². The Kier molecular flexibility index (Phi) is 4.86. The van der Waals surface area contributed by atoms with Gasteiger partial charge in [-0.05, 0) is 26.7 Å². The van der Waals surface area contributed by atoms with Crippen molar-refractivity contribution >= 4 is 0 Å². The van der Waals surface area contributed by atoms with E-state index in [2.05, 4.69) is 6.58 Å². The summed E-state index contributed by atoms with van der Waals surface area (Å²) >= 11 is 0. The van der Waals surface area contributed by atoms with Crippen molar-refractivity contribution in [2.45, 2.75) is 32.3 Å². The van der Waals surface area contributed by atoms with Gasteiger partial charge in [0.25, 0.3) is 0 Å². The molecule has 0 saturated heterocycles. The minimum atomic E-state index is -0.785. The van der Waals surface area contributed by atoms with Crippen LogP contribution in [-0.2, 0) is 0 Å². The molecule has 0 amide bonds. The number of aliphatic hydroxyl groups is 2. The molecule has 1 atom stereocenters. The monoisotopic (exact) mass is 170 g/mol. The van der Waals surface area contributed by atoms with Gasteiger partial charge in [-0.1, -0.05) is 17.7 Å². The number of rotatable bonds is 5. The fourth-order valence-corrected chi connectivity index (χ4v) is 0.777. The maximum atomic E-state index is 9.50. The summed E-state index contributed by atoms with van der Waals surface area (Å²) in [5.41, 5.74) is 0.154. The van der Waals surface area contributed by atoms with Crippen molar-refractivity contribution in [1.82, 2.24) is 0 Å². The van der Waals surface area contributed by atoms with Crippen LogP contribution in [0.5, 0.6) is 0 Å². The van der Waals surface area contributed by atoms with E-state index in [0.717, 1.165) is 12.0 Å². The van der Waals surface area contributed by atoms with Crippen LogP contribution >= 0.6 is 0 Å². The Labute approximate surface area is 74.2 Å². The third-order valence-electron chi connectivity index (χ3n) is 1.83. The SMILES string of the molecule is C=C[C@](C)(O)CCC=C(C)CO. The van der Waals surface area contributed by atoms with Gasteiger partial charge in [-0.15, -0.1) is 6.58 Å². The first kappa shape index (κ1) is 11.4. The van der Waals surface area contributed by atoms with Gasteiger partial charge in [0, 0.05) is 0 Å². The molecule has 2 heteroatoms. The minimum Gasteiger partial charge on any atom is -0.392 e. The quantitative estimate of drug-likeness (QED) is 0.616. The van der Waals surface area contributed by atoms with Gasteiger partial charge in [0.1, 0.15) is 0 Å². The van der Waals surface area contributed by atoms with Gasteiger partial charge < -0.3 is 10.2 Å². The Morgan fingerprint density at radius 1 is 1.58 bits per heavy atom. The molecule has 12 heavy (non-hydrogen) atoms. The summed E-state index contributed by atoms with van der Waals surface area (Å²) in [4.78, 5) is 0. The first-order valence-electron chi connectivity index (χ1n) is 4.14. The average molecular weight is 170 g/mol. The molecule has 2 nitrogen and oxygen atoms in total. The Morgan fingerprint density at radius 2 is 2.17 bits per heavy atom. The van der Waals surface area contributed by atoms with Crippen LogP contribution in [0.1, 0.15) is 26.7 Å². The Bertz CT molecular complexity index is 169. The molecule has 0 unspecified atom stereocenters. The molecule has 0 rings (SSSR count). The largest absolute Gasteiger partial charge is 0.392 e. The van der Waals surface area contributed by atoms with E-state index in [4.69, 9.17) is 5.11 Å². The number of allylic oxidation sites excluding steroid dienone is 1. The maximum Gasteiger partial charge on any atom is 0.0800 e. The van der Waals surface area contributed by atoms with Gasteiger partial charge in [-0.3, -0.25) is 0 Å². The molecule has 0 radical (unpaired) electrons. The highest BCUT2D eigenvalue weighted by molar-refractivity contribution is 5.00. The molecule has 0 aliphatic carbocycles. The predicted octanol–water partition coefficient (Wildman–Crippen LogP) is 1.64. The van der Waals surface area contributed by atoms with Gasteiger partial charge in [0.15, 0.2) is 0 Å². The average Bonchev–Trinajstić information content (AvgIpc) is 2.04. The molecular weight excluding hydrogens is 152 g/mol. The molecule has 2 N–H and O–H groups in total. The Morgan fingerprint density at radius 3 is 2.58 bits per heavy atom. The molecule has 0 aliphatic rings. The second kappa shape index (κ2) is 5.12. The minimum absolute atomic E-state index is 0.0935. The fourth-order valence-electron chi connectivity index (χ4n) is 0.777.